The highest BCUT2D eigenvalue weighted by Crippen LogP contribution is 2.22. The van der Waals surface area contributed by atoms with Crippen molar-refractivity contribution in [2.45, 2.75) is 33.1 Å². The number of carbonyl (C=O) groups excluding carboxylic acids is 1. The summed E-state index contributed by atoms with van der Waals surface area (Å²) in [5.41, 5.74) is 0.702. The normalized spacial score (nSPS) is 15.0. The molecule has 0 spiro atoms. The molecule has 19 heavy (non-hydrogen) atoms. The molecule has 0 bridgehead atoms. The smallest absolute Gasteiger partial charge is 0.257 e. The summed E-state index contributed by atoms with van der Waals surface area (Å²) in [5.74, 6) is 1.44. The van der Waals surface area contributed by atoms with Gasteiger partial charge in [-0.25, -0.2) is 0 Å². The van der Waals surface area contributed by atoms with E-state index in [0.717, 1.165) is 38.1 Å². The molecule has 1 aliphatic heterocycles. The molecule has 1 amide bonds. The molecule has 0 aliphatic carbocycles. The van der Waals surface area contributed by atoms with Crippen LogP contribution in [0.4, 0.5) is 0 Å². The average molecular weight is 261 g/mol. The van der Waals surface area contributed by atoms with E-state index in [-0.39, 0.29) is 5.91 Å². The maximum absolute atomic E-state index is 12.4. The van der Waals surface area contributed by atoms with Crippen LogP contribution >= 0.6 is 0 Å². The first-order valence-corrected chi connectivity index (χ1v) is 7.19. The van der Waals surface area contributed by atoms with Crippen LogP contribution in [0.15, 0.2) is 24.3 Å². The number of likely N-dealkylation sites (tertiary alicyclic amines) is 1. The van der Waals surface area contributed by atoms with E-state index in [2.05, 4.69) is 13.8 Å². The zero-order valence-electron chi connectivity index (χ0n) is 11.9. The van der Waals surface area contributed by atoms with Crippen molar-refractivity contribution in [2.75, 3.05) is 19.7 Å². The summed E-state index contributed by atoms with van der Waals surface area (Å²) in [4.78, 5) is 14.3. The minimum Gasteiger partial charge on any atom is -0.493 e. The number of carbonyl (C=O) groups is 1. The Balaban J connectivity index is 2.04. The predicted molar refractivity (Wildman–Crippen MR) is 76.5 cm³/mol. The molecule has 0 saturated carbocycles. The fourth-order valence-corrected chi connectivity index (χ4v) is 2.26. The molecule has 1 saturated heterocycles. The molecule has 1 heterocycles. The van der Waals surface area contributed by atoms with Crippen molar-refractivity contribution in [1.29, 1.82) is 0 Å². The van der Waals surface area contributed by atoms with Crippen LogP contribution in [0.5, 0.6) is 5.75 Å². The van der Waals surface area contributed by atoms with Crippen molar-refractivity contribution >= 4 is 5.91 Å². The minimum absolute atomic E-state index is 0.109. The first kappa shape index (κ1) is 13.9. The van der Waals surface area contributed by atoms with Crippen LogP contribution in [0.2, 0.25) is 0 Å². The van der Waals surface area contributed by atoms with E-state index in [1.807, 2.05) is 29.2 Å². The first-order valence-electron chi connectivity index (χ1n) is 7.19. The molecule has 1 fully saturated rings. The van der Waals surface area contributed by atoms with Crippen molar-refractivity contribution in [2.24, 2.45) is 5.92 Å². The van der Waals surface area contributed by atoms with Crippen molar-refractivity contribution in [1.82, 2.24) is 4.90 Å². The molecule has 0 N–H and O–H groups in total. The van der Waals surface area contributed by atoms with Gasteiger partial charge >= 0.3 is 0 Å². The van der Waals surface area contributed by atoms with Crippen LogP contribution in [-0.2, 0) is 0 Å². The van der Waals surface area contributed by atoms with Crippen molar-refractivity contribution < 1.29 is 9.53 Å². The van der Waals surface area contributed by atoms with Gasteiger partial charge in [0, 0.05) is 13.1 Å². The molecule has 1 aliphatic rings. The Hall–Kier alpha value is -1.51. The van der Waals surface area contributed by atoms with Gasteiger partial charge in [-0.05, 0) is 37.3 Å². The number of para-hydroxylation sites is 1. The molecular formula is C16H23NO2. The molecule has 2 rings (SSSR count). The lowest BCUT2D eigenvalue weighted by molar-refractivity contribution is 0.0788. The van der Waals surface area contributed by atoms with Gasteiger partial charge in [0.05, 0.1) is 12.2 Å². The quantitative estimate of drug-likeness (QED) is 0.813. The Morgan fingerprint density at radius 3 is 2.63 bits per heavy atom. The summed E-state index contributed by atoms with van der Waals surface area (Å²) in [7, 11) is 0. The Morgan fingerprint density at radius 1 is 1.26 bits per heavy atom. The third-order valence-electron chi connectivity index (χ3n) is 3.46. The molecular weight excluding hydrogens is 238 g/mol. The Morgan fingerprint density at radius 2 is 1.95 bits per heavy atom. The average Bonchev–Trinajstić information content (AvgIpc) is 2.92. The van der Waals surface area contributed by atoms with Crippen LogP contribution in [-0.4, -0.2) is 30.5 Å². The first-order chi connectivity index (χ1) is 9.18. The molecule has 3 nitrogen and oxygen atoms in total. The van der Waals surface area contributed by atoms with Crippen LogP contribution in [0, 0.1) is 5.92 Å². The molecule has 1 aromatic rings. The summed E-state index contributed by atoms with van der Waals surface area (Å²) in [6, 6.07) is 7.58. The second-order valence-electron chi connectivity index (χ2n) is 5.53. The fourth-order valence-electron chi connectivity index (χ4n) is 2.26. The van der Waals surface area contributed by atoms with E-state index in [1.54, 1.807) is 0 Å². The lowest BCUT2D eigenvalue weighted by atomic mass is 10.1. The van der Waals surface area contributed by atoms with E-state index in [9.17, 15) is 4.79 Å². The number of benzene rings is 1. The molecule has 3 heteroatoms. The Kier molecular flexibility index (Phi) is 4.83. The lowest BCUT2D eigenvalue weighted by Crippen LogP contribution is -2.28. The van der Waals surface area contributed by atoms with Gasteiger partial charge in [-0.2, -0.15) is 0 Å². The van der Waals surface area contributed by atoms with Crippen molar-refractivity contribution in [3.05, 3.63) is 29.8 Å². The number of nitrogens with zero attached hydrogens (tertiary/aromatic N) is 1. The Labute approximate surface area is 115 Å². The van der Waals surface area contributed by atoms with E-state index < -0.39 is 0 Å². The van der Waals surface area contributed by atoms with Crippen molar-refractivity contribution in [3.63, 3.8) is 0 Å². The molecule has 0 radical (unpaired) electrons. The molecule has 0 aromatic heterocycles. The summed E-state index contributed by atoms with van der Waals surface area (Å²) >= 11 is 0. The molecule has 104 valence electrons. The number of ether oxygens (including phenoxy) is 1. The number of hydrogen-bond donors (Lipinski definition) is 0. The highest BCUT2D eigenvalue weighted by atomic mass is 16.5. The van der Waals surface area contributed by atoms with E-state index in [4.69, 9.17) is 4.74 Å². The second kappa shape index (κ2) is 6.60. The molecule has 1 aromatic carbocycles. The van der Waals surface area contributed by atoms with Gasteiger partial charge in [-0.15, -0.1) is 0 Å². The maximum atomic E-state index is 12.4. The second-order valence-corrected chi connectivity index (χ2v) is 5.53. The summed E-state index contributed by atoms with van der Waals surface area (Å²) in [5, 5.41) is 0. The lowest BCUT2D eigenvalue weighted by Gasteiger charge is -2.18. The maximum Gasteiger partial charge on any atom is 0.257 e. The number of amides is 1. The van der Waals surface area contributed by atoms with Crippen LogP contribution in [0.1, 0.15) is 43.5 Å². The van der Waals surface area contributed by atoms with Gasteiger partial charge in [0.2, 0.25) is 0 Å². The van der Waals surface area contributed by atoms with Crippen LogP contribution in [0.25, 0.3) is 0 Å². The monoisotopic (exact) mass is 261 g/mol. The van der Waals surface area contributed by atoms with Gasteiger partial charge in [0.25, 0.3) is 5.91 Å². The summed E-state index contributed by atoms with van der Waals surface area (Å²) < 4.78 is 5.78. The highest BCUT2D eigenvalue weighted by molar-refractivity contribution is 5.97. The SMILES string of the molecule is CC(C)CCOc1ccccc1C(=O)N1CCCC1. The Bertz CT molecular complexity index is 423. The fraction of sp³-hybridized carbons (Fsp3) is 0.562. The van der Waals surface area contributed by atoms with E-state index in [1.165, 1.54) is 0 Å². The van der Waals surface area contributed by atoms with Gasteiger partial charge in [0.1, 0.15) is 5.75 Å². The predicted octanol–water partition coefficient (Wildman–Crippen LogP) is 3.35. The van der Waals surface area contributed by atoms with Crippen LogP contribution < -0.4 is 4.74 Å². The van der Waals surface area contributed by atoms with Gasteiger partial charge < -0.3 is 9.64 Å². The van der Waals surface area contributed by atoms with Gasteiger partial charge in [-0.1, -0.05) is 26.0 Å². The zero-order valence-corrected chi connectivity index (χ0v) is 11.9. The topological polar surface area (TPSA) is 29.5 Å². The van der Waals surface area contributed by atoms with Crippen LogP contribution in [0.3, 0.4) is 0 Å². The number of hydrogen-bond acceptors (Lipinski definition) is 2. The largest absolute Gasteiger partial charge is 0.493 e. The minimum atomic E-state index is 0.109. The third-order valence-corrected chi connectivity index (χ3v) is 3.46. The summed E-state index contributed by atoms with van der Waals surface area (Å²) in [6.07, 6.45) is 3.23. The van der Waals surface area contributed by atoms with E-state index >= 15 is 0 Å². The highest BCUT2D eigenvalue weighted by Gasteiger charge is 2.22. The van der Waals surface area contributed by atoms with Gasteiger partial charge in [-0.3, -0.25) is 4.79 Å². The standard InChI is InChI=1S/C16H23NO2/c1-13(2)9-12-19-15-8-4-3-7-14(15)16(18)17-10-5-6-11-17/h3-4,7-8,13H,5-6,9-12H2,1-2H3. The number of rotatable bonds is 5. The zero-order chi connectivity index (χ0) is 13.7. The van der Waals surface area contributed by atoms with E-state index in [0.29, 0.717) is 18.1 Å². The molecule has 0 unspecified atom stereocenters. The third kappa shape index (κ3) is 3.72. The summed E-state index contributed by atoms with van der Waals surface area (Å²) in [6.45, 7) is 6.76. The van der Waals surface area contributed by atoms with Gasteiger partial charge in [0.15, 0.2) is 0 Å². The molecule has 0 atom stereocenters. The van der Waals surface area contributed by atoms with Crippen molar-refractivity contribution in [3.8, 4) is 5.75 Å².